The first-order chi connectivity index (χ1) is 15.3. The number of nitrogens with zero attached hydrogens (tertiary/aromatic N) is 2. The number of aromatic amines is 1. The van der Waals surface area contributed by atoms with E-state index in [0.717, 1.165) is 16.5 Å². The van der Waals surface area contributed by atoms with Gasteiger partial charge >= 0.3 is 0 Å². The van der Waals surface area contributed by atoms with E-state index in [1.165, 1.54) is 6.07 Å². The van der Waals surface area contributed by atoms with Crippen LogP contribution in [0.3, 0.4) is 0 Å². The van der Waals surface area contributed by atoms with Crippen molar-refractivity contribution in [3.8, 4) is 17.2 Å². The summed E-state index contributed by atoms with van der Waals surface area (Å²) < 4.78 is 23.8. The fraction of sp³-hybridized carbons (Fsp3) is 0.0833. The molecule has 0 aliphatic carbocycles. The molecule has 0 aliphatic heterocycles. The number of nitrogens with one attached hydrogen (secondary N) is 1. The molecule has 0 fully saturated rings. The Bertz CT molecular complexity index is 1470. The predicted molar refractivity (Wildman–Crippen MR) is 123 cm³/mol. The third-order valence-corrected chi connectivity index (χ3v) is 6.34. The first-order valence-corrected chi connectivity index (χ1v) is 11.3. The number of nitrogens with two attached hydrogens (primary N) is 1. The lowest BCUT2D eigenvalue weighted by molar-refractivity contribution is -0.117. The summed E-state index contributed by atoms with van der Waals surface area (Å²) in [6.07, 6.45) is 1.95. The van der Waals surface area contributed by atoms with Crippen molar-refractivity contribution >= 4 is 32.5 Å². The molecular weight excluding hydrogens is 424 g/mol. The molecule has 32 heavy (non-hydrogen) atoms. The smallest absolute Gasteiger partial charge is 0.238 e. The van der Waals surface area contributed by atoms with Crippen LogP contribution in [-0.4, -0.2) is 26.4 Å². The predicted octanol–water partition coefficient (Wildman–Crippen LogP) is 3.56. The number of aromatic nitrogens is 1. The quantitative estimate of drug-likeness (QED) is 0.489. The maximum absolute atomic E-state index is 12.9. The minimum Gasteiger partial charge on any atom is -0.361 e. The van der Waals surface area contributed by atoms with Crippen LogP contribution < -0.4 is 10.0 Å². The first-order valence-electron chi connectivity index (χ1n) is 9.77. The second-order valence-electron chi connectivity index (χ2n) is 7.40. The second kappa shape index (κ2) is 8.30. The summed E-state index contributed by atoms with van der Waals surface area (Å²) in [6, 6.07) is 21.0. The van der Waals surface area contributed by atoms with Gasteiger partial charge in [0.15, 0.2) is 0 Å². The number of benzene rings is 3. The molecule has 4 rings (SSSR count). The van der Waals surface area contributed by atoms with Crippen LogP contribution >= 0.6 is 0 Å². The van der Waals surface area contributed by atoms with Crippen LogP contribution in [0, 0.1) is 11.3 Å². The van der Waals surface area contributed by atoms with Crippen molar-refractivity contribution in [1.82, 2.24) is 4.98 Å². The SMILES string of the molecule is CN(C(=O)Cc1c[nH]c2ccc(C#N)cc12)c1ccc(-c2ccccc2S(N)(=O)=O)cc1. The van der Waals surface area contributed by atoms with Gasteiger partial charge < -0.3 is 9.88 Å². The van der Waals surface area contributed by atoms with E-state index in [1.807, 2.05) is 6.07 Å². The lowest BCUT2D eigenvalue weighted by atomic mass is 10.0. The molecule has 1 amide bonds. The summed E-state index contributed by atoms with van der Waals surface area (Å²) in [5, 5.41) is 15.3. The van der Waals surface area contributed by atoms with Crippen LogP contribution in [0.15, 0.2) is 77.8 Å². The molecule has 7 nitrogen and oxygen atoms in total. The Morgan fingerprint density at radius 3 is 2.50 bits per heavy atom. The average molecular weight is 445 g/mol. The van der Waals surface area contributed by atoms with Gasteiger partial charge in [0.1, 0.15) is 0 Å². The highest BCUT2D eigenvalue weighted by Crippen LogP contribution is 2.28. The van der Waals surface area contributed by atoms with E-state index in [4.69, 9.17) is 10.4 Å². The minimum absolute atomic E-state index is 0.0493. The molecule has 0 bridgehead atoms. The number of anilines is 1. The van der Waals surface area contributed by atoms with Gasteiger partial charge in [-0.25, -0.2) is 13.6 Å². The summed E-state index contributed by atoms with van der Waals surface area (Å²) in [4.78, 5) is 17.6. The number of fused-ring (bicyclic) bond motifs is 1. The van der Waals surface area contributed by atoms with Gasteiger partial charge in [-0.3, -0.25) is 4.79 Å². The third-order valence-electron chi connectivity index (χ3n) is 5.37. The van der Waals surface area contributed by atoms with Gasteiger partial charge in [-0.1, -0.05) is 30.3 Å². The number of hydrogen-bond donors (Lipinski definition) is 2. The number of carbonyl (C=O) groups is 1. The molecule has 0 saturated carbocycles. The summed E-state index contributed by atoms with van der Waals surface area (Å²) >= 11 is 0. The van der Waals surface area contributed by atoms with Crippen LogP contribution in [0.4, 0.5) is 5.69 Å². The largest absolute Gasteiger partial charge is 0.361 e. The fourth-order valence-corrected chi connectivity index (χ4v) is 4.40. The molecule has 4 aromatic rings. The molecule has 0 spiro atoms. The van der Waals surface area contributed by atoms with Crippen molar-refractivity contribution in [3.63, 3.8) is 0 Å². The van der Waals surface area contributed by atoms with Gasteiger partial charge in [0, 0.05) is 35.4 Å². The number of amides is 1. The van der Waals surface area contributed by atoms with Gasteiger partial charge in [0.25, 0.3) is 0 Å². The van der Waals surface area contributed by atoms with Gasteiger partial charge in [-0.2, -0.15) is 5.26 Å². The fourth-order valence-electron chi connectivity index (χ4n) is 3.64. The molecule has 0 atom stereocenters. The van der Waals surface area contributed by atoms with E-state index >= 15 is 0 Å². The van der Waals surface area contributed by atoms with E-state index in [2.05, 4.69) is 11.1 Å². The Morgan fingerprint density at radius 1 is 1.09 bits per heavy atom. The number of H-pyrrole nitrogens is 1. The van der Waals surface area contributed by atoms with Crippen molar-refractivity contribution in [3.05, 3.63) is 84.1 Å². The topological polar surface area (TPSA) is 120 Å². The van der Waals surface area contributed by atoms with Crippen molar-refractivity contribution in [2.75, 3.05) is 11.9 Å². The summed E-state index contributed by atoms with van der Waals surface area (Å²) in [5.41, 5.74) is 4.07. The van der Waals surface area contributed by atoms with Crippen LogP contribution in [0.2, 0.25) is 0 Å². The van der Waals surface area contributed by atoms with Crippen molar-refractivity contribution in [2.45, 2.75) is 11.3 Å². The number of carbonyl (C=O) groups excluding carboxylic acids is 1. The van der Waals surface area contributed by atoms with E-state index in [-0.39, 0.29) is 17.2 Å². The molecule has 3 N–H and O–H groups in total. The lowest BCUT2D eigenvalue weighted by Crippen LogP contribution is -2.27. The maximum Gasteiger partial charge on any atom is 0.238 e. The molecule has 8 heteroatoms. The molecule has 0 saturated heterocycles. The van der Waals surface area contributed by atoms with Crippen molar-refractivity contribution in [1.29, 1.82) is 5.26 Å². The van der Waals surface area contributed by atoms with E-state index in [0.29, 0.717) is 22.4 Å². The minimum atomic E-state index is -3.86. The number of nitriles is 1. The Kier molecular flexibility index (Phi) is 5.53. The van der Waals surface area contributed by atoms with Crippen LogP contribution in [0.1, 0.15) is 11.1 Å². The Morgan fingerprint density at radius 2 is 1.81 bits per heavy atom. The van der Waals surface area contributed by atoms with Crippen molar-refractivity contribution < 1.29 is 13.2 Å². The van der Waals surface area contributed by atoms with E-state index in [1.54, 1.807) is 72.7 Å². The lowest BCUT2D eigenvalue weighted by Gasteiger charge is -2.18. The number of hydrogen-bond acceptors (Lipinski definition) is 4. The van der Waals surface area contributed by atoms with Crippen LogP contribution in [0.5, 0.6) is 0 Å². The van der Waals surface area contributed by atoms with Crippen molar-refractivity contribution in [2.24, 2.45) is 5.14 Å². The van der Waals surface area contributed by atoms with E-state index < -0.39 is 10.0 Å². The number of likely N-dealkylation sites (N-methyl/N-ethyl adjacent to an activating group) is 1. The highest BCUT2D eigenvalue weighted by atomic mass is 32.2. The van der Waals surface area contributed by atoms with Crippen LogP contribution in [0.25, 0.3) is 22.0 Å². The molecular formula is C24H20N4O3S. The molecule has 1 aromatic heterocycles. The highest BCUT2D eigenvalue weighted by molar-refractivity contribution is 7.89. The number of primary sulfonamides is 1. The molecule has 0 radical (unpaired) electrons. The monoisotopic (exact) mass is 444 g/mol. The zero-order valence-corrected chi connectivity index (χ0v) is 18.1. The molecule has 1 heterocycles. The summed E-state index contributed by atoms with van der Waals surface area (Å²) in [7, 11) is -2.18. The summed E-state index contributed by atoms with van der Waals surface area (Å²) in [5.74, 6) is -0.119. The Labute approximate surface area is 185 Å². The van der Waals surface area contributed by atoms with E-state index in [9.17, 15) is 13.2 Å². The zero-order chi connectivity index (χ0) is 22.9. The standard InChI is InChI=1S/C24H20N4O3S/c1-28(24(29)13-18-15-27-22-11-6-16(14-25)12-21(18)22)19-9-7-17(8-10-19)20-4-2-3-5-23(20)32(26,30)31/h2-12,15,27H,13H2,1H3,(H2,26,30,31). The first kappa shape index (κ1) is 21.3. The molecule has 0 aliphatic rings. The maximum atomic E-state index is 12.9. The summed E-state index contributed by atoms with van der Waals surface area (Å²) in [6.45, 7) is 0. The zero-order valence-electron chi connectivity index (χ0n) is 17.2. The van der Waals surface area contributed by atoms with Crippen LogP contribution in [-0.2, 0) is 21.2 Å². The van der Waals surface area contributed by atoms with Gasteiger partial charge in [0.2, 0.25) is 15.9 Å². The number of sulfonamides is 1. The average Bonchev–Trinajstić information content (AvgIpc) is 3.19. The number of rotatable bonds is 5. The Balaban J connectivity index is 1.57. The highest BCUT2D eigenvalue weighted by Gasteiger charge is 2.17. The van der Waals surface area contributed by atoms with Gasteiger partial charge in [-0.05, 0) is 47.5 Å². The molecule has 0 unspecified atom stereocenters. The van der Waals surface area contributed by atoms with Gasteiger partial charge in [0.05, 0.1) is 22.9 Å². The third kappa shape index (κ3) is 4.12. The van der Waals surface area contributed by atoms with Gasteiger partial charge in [-0.15, -0.1) is 0 Å². The molecule has 160 valence electrons. The second-order valence-corrected chi connectivity index (χ2v) is 8.93. The Hall–Kier alpha value is -3.93. The normalized spacial score (nSPS) is 11.3. The molecule has 3 aromatic carbocycles.